The van der Waals surface area contributed by atoms with Gasteiger partial charge in [0.05, 0.1) is 11.2 Å². The van der Waals surface area contributed by atoms with Crippen molar-refractivity contribution in [1.29, 1.82) is 0 Å². The standard InChI is InChI=1S/C17H21ClN2/c18-16-7-3-1-6-14(16)11-19-12-15-10-9-13-5-2-4-8-17(13)20-15/h2,4-5,8-10,14,16,19H,1,3,6-7,11-12H2. The summed E-state index contributed by atoms with van der Waals surface area (Å²) in [6, 6.07) is 12.5. The van der Waals surface area contributed by atoms with Crippen LogP contribution in [0.5, 0.6) is 0 Å². The molecule has 2 nitrogen and oxygen atoms in total. The van der Waals surface area contributed by atoms with Gasteiger partial charge in [-0.05, 0) is 37.4 Å². The maximum Gasteiger partial charge on any atom is 0.0705 e. The molecule has 3 heteroatoms. The van der Waals surface area contributed by atoms with E-state index in [2.05, 4.69) is 34.6 Å². The van der Waals surface area contributed by atoms with Crippen LogP contribution >= 0.6 is 11.6 Å². The molecular formula is C17H21ClN2. The van der Waals surface area contributed by atoms with E-state index >= 15 is 0 Å². The summed E-state index contributed by atoms with van der Waals surface area (Å²) in [6.07, 6.45) is 5.04. The molecule has 0 bridgehead atoms. The zero-order chi connectivity index (χ0) is 13.8. The van der Waals surface area contributed by atoms with Gasteiger partial charge in [-0.2, -0.15) is 0 Å². The monoisotopic (exact) mass is 288 g/mol. The summed E-state index contributed by atoms with van der Waals surface area (Å²) < 4.78 is 0. The molecule has 106 valence electrons. The first-order valence-electron chi connectivity index (χ1n) is 7.52. The third kappa shape index (κ3) is 3.31. The Hall–Kier alpha value is -1.12. The van der Waals surface area contributed by atoms with Crippen molar-refractivity contribution in [3.8, 4) is 0 Å². The van der Waals surface area contributed by atoms with Gasteiger partial charge >= 0.3 is 0 Å². The van der Waals surface area contributed by atoms with E-state index in [9.17, 15) is 0 Å². The smallest absolute Gasteiger partial charge is 0.0705 e. The molecule has 0 saturated heterocycles. The van der Waals surface area contributed by atoms with Crippen LogP contribution in [-0.2, 0) is 6.54 Å². The maximum atomic E-state index is 6.39. The number of pyridine rings is 1. The molecule has 1 fully saturated rings. The van der Waals surface area contributed by atoms with Crippen molar-refractivity contribution in [1.82, 2.24) is 10.3 Å². The normalized spacial score (nSPS) is 23.1. The third-order valence-electron chi connectivity index (χ3n) is 4.19. The lowest BCUT2D eigenvalue weighted by Gasteiger charge is -2.27. The van der Waals surface area contributed by atoms with Gasteiger partial charge in [-0.15, -0.1) is 11.6 Å². The van der Waals surface area contributed by atoms with E-state index in [0.29, 0.717) is 11.3 Å². The quantitative estimate of drug-likeness (QED) is 0.856. The van der Waals surface area contributed by atoms with Crippen LogP contribution in [0.2, 0.25) is 0 Å². The average Bonchev–Trinajstić information content (AvgIpc) is 2.49. The van der Waals surface area contributed by atoms with Gasteiger partial charge in [-0.25, -0.2) is 0 Å². The van der Waals surface area contributed by atoms with E-state index in [4.69, 9.17) is 11.6 Å². The van der Waals surface area contributed by atoms with Crippen LogP contribution < -0.4 is 5.32 Å². The van der Waals surface area contributed by atoms with E-state index in [0.717, 1.165) is 24.3 Å². The number of aromatic nitrogens is 1. The number of fused-ring (bicyclic) bond motifs is 1. The summed E-state index contributed by atoms with van der Waals surface area (Å²) >= 11 is 6.39. The molecule has 1 saturated carbocycles. The number of nitrogens with zero attached hydrogens (tertiary/aromatic N) is 1. The largest absolute Gasteiger partial charge is 0.311 e. The number of benzene rings is 1. The van der Waals surface area contributed by atoms with Crippen molar-refractivity contribution in [2.45, 2.75) is 37.6 Å². The van der Waals surface area contributed by atoms with Crippen LogP contribution in [0, 0.1) is 5.92 Å². The number of para-hydroxylation sites is 1. The fourth-order valence-electron chi connectivity index (χ4n) is 2.98. The summed E-state index contributed by atoms with van der Waals surface area (Å²) in [6.45, 7) is 1.83. The van der Waals surface area contributed by atoms with E-state index in [1.54, 1.807) is 0 Å². The molecule has 1 aromatic heterocycles. The van der Waals surface area contributed by atoms with Crippen molar-refractivity contribution in [2.24, 2.45) is 5.92 Å². The Morgan fingerprint density at radius 3 is 2.85 bits per heavy atom. The SMILES string of the molecule is ClC1CCCCC1CNCc1ccc2ccccc2n1. The minimum Gasteiger partial charge on any atom is -0.311 e. The molecule has 1 aliphatic carbocycles. The Kier molecular flexibility index (Phi) is 4.54. The van der Waals surface area contributed by atoms with Gasteiger partial charge in [-0.3, -0.25) is 4.98 Å². The summed E-state index contributed by atoms with van der Waals surface area (Å²) in [4.78, 5) is 4.68. The first-order valence-corrected chi connectivity index (χ1v) is 7.96. The first kappa shape index (κ1) is 13.8. The van der Waals surface area contributed by atoms with Crippen molar-refractivity contribution in [3.05, 3.63) is 42.1 Å². The molecule has 1 N–H and O–H groups in total. The maximum absolute atomic E-state index is 6.39. The Bertz CT molecular complexity index is 570. The van der Waals surface area contributed by atoms with Crippen molar-refractivity contribution >= 4 is 22.5 Å². The van der Waals surface area contributed by atoms with Gasteiger partial charge in [0.15, 0.2) is 0 Å². The van der Waals surface area contributed by atoms with Gasteiger partial charge in [-0.1, -0.05) is 37.1 Å². The molecule has 0 spiro atoms. The number of nitrogens with one attached hydrogen (secondary N) is 1. The number of hydrogen-bond donors (Lipinski definition) is 1. The fraction of sp³-hybridized carbons (Fsp3) is 0.471. The molecule has 0 aliphatic heterocycles. The summed E-state index contributed by atoms with van der Waals surface area (Å²) in [7, 11) is 0. The lowest BCUT2D eigenvalue weighted by Crippen LogP contribution is -2.31. The van der Waals surface area contributed by atoms with E-state index in [-0.39, 0.29) is 0 Å². The second kappa shape index (κ2) is 6.55. The molecule has 0 amide bonds. The van der Waals surface area contributed by atoms with Crippen LogP contribution in [0.25, 0.3) is 10.9 Å². The number of rotatable bonds is 4. The van der Waals surface area contributed by atoms with Gasteiger partial charge in [0.2, 0.25) is 0 Å². The summed E-state index contributed by atoms with van der Waals surface area (Å²) in [5.41, 5.74) is 2.17. The predicted octanol–water partition coefficient (Wildman–Crippen LogP) is 4.12. The zero-order valence-corrected chi connectivity index (χ0v) is 12.4. The molecule has 1 heterocycles. The highest BCUT2D eigenvalue weighted by Gasteiger charge is 2.22. The zero-order valence-electron chi connectivity index (χ0n) is 11.7. The third-order valence-corrected chi connectivity index (χ3v) is 4.76. The predicted molar refractivity (Wildman–Crippen MR) is 85.0 cm³/mol. The minimum absolute atomic E-state index is 0.348. The summed E-state index contributed by atoms with van der Waals surface area (Å²) in [5.74, 6) is 0.617. The van der Waals surface area contributed by atoms with Crippen LogP contribution in [-0.4, -0.2) is 16.9 Å². The van der Waals surface area contributed by atoms with E-state index in [1.165, 1.54) is 31.1 Å². The average molecular weight is 289 g/mol. The fourth-order valence-corrected chi connectivity index (χ4v) is 3.35. The summed E-state index contributed by atoms with van der Waals surface area (Å²) in [5, 5.41) is 5.07. The van der Waals surface area contributed by atoms with Crippen LogP contribution in [0.4, 0.5) is 0 Å². The number of halogens is 1. The molecule has 2 atom stereocenters. The van der Waals surface area contributed by atoms with Gasteiger partial charge in [0.1, 0.15) is 0 Å². The molecule has 0 radical (unpaired) electrons. The second-order valence-electron chi connectivity index (χ2n) is 5.69. The Morgan fingerprint density at radius 1 is 1.10 bits per heavy atom. The second-order valence-corrected chi connectivity index (χ2v) is 6.25. The van der Waals surface area contributed by atoms with Gasteiger partial charge < -0.3 is 5.32 Å². The molecule has 1 aromatic carbocycles. The Balaban J connectivity index is 1.56. The minimum atomic E-state index is 0.348. The van der Waals surface area contributed by atoms with Crippen LogP contribution in [0.3, 0.4) is 0 Å². The molecule has 2 unspecified atom stereocenters. The Morgan fingerprint density at radius 2 is 1.95 bits per heavy atom. The molecule has 2 aromatic rings. The highest BCUT2D eigenvalue weighted by Crippen LogP contribution is 2.28. The molecule has 3 rings (SSSR count). The van der Waals surface area contributed by atoms with Crippen molar-refractivity contribution in [3.63, 3.8) is 0 Å². The molecule has 1 aliphatic rings. The van der Waals surface area contributed by atoms with Crippen LogP contribution in [0.1, 0.15) is 31.4 Å². The lowest BCUT2D eigenvalue weighted by atomic mass is 9.89. The molecular weight excluding hydrogens is 268 g/mol. The van der Waals surface area contributed by atoms with Crippen molar-refractivity contribution < 1.29 is 0 Å². The number of alkyl halides is 1. The van der Waals surface area contributed by atoms with Gasteiger partial charge in [0.25, 0.3) is 0 Å². The van der Waals surface area contributed by atoms with E-state index < -0.39 is 0 Å². The lowest BCUT2D eigenvalue weighted by molar-refractivity contribution is 0.348. The highest BCUT2D eigenvalue weighted by atomic mass is 35.5. The molecule has 20 heavy (non-hydrogen) atoms. The van der Waals surface area contributed by atoms with E-state index in [1.807, 2.05) is 12.1 Å². The van der Waals surface area contributed by atoms with Crippen LogP contribution in [0.15, 0.2) is 36.4 Å². The Labute approximate surface area is 125 Å². The number of hydrogen-bond acceptors (Lipinski definition) is 2. The topological polar surface area (TPSA) is 24.9 Å². The van der Waals surface area contributed by atoms with Crippen molar-refractivity contribution in [2.75, 3.05) is 6.54 Å². The first-order chi connectivity index (χ1) is 9.83. The van der Waals surface area contributed by atoms with Gasteiger partial charge in [0, 0.05) is 17.3 Å². The highest BCUT2D eigenvalue weighted by molar-refractivity contribution is 6.20.